The van der Waals surface area contributed by atoms with Crippen molar-refractivity contribution >= 4 is 5.82 Å². The molecule has 54 valence electrons. The smallest absolute Gasteiger partial charge is 0.170 e. The van der Waals surface area contributed by atoms with Crippen LogP contribution in [0.5, 0.6) is 0 Å². The SMILES string of the molecule is Nc1nccc(CO)c1F. The van der Waals surface area contributed by atoms with Crippen molar-refractivity contribution in [1.29, 1.82) is 0 Å². The van der Waals surface area contributed by atoms with Crippen LogP contribution < -0.4 is 5.73 Å². The summed E-state index contributed by atoms with van der Waals surface area (Å²) in [5.41, 5.74) is 5.27. The van der Waals surface area contributed by atoms with Crippen LogP contribution in [0.2, 0.25) is 0 Å². The van der Waals surface area contributed by atoms with Crippen LogP contribution in [0.15, 0.2) is 12.3 Å². The maximum atomic E-state index is 12.7. The van der Waals surface area contributed by atoms with E-state index in [4.69, 9.17) is 10.8 Å². The zero-order valence-electron chi connectivity index (χ0n) is 5.21. The van der Waals surface area contributed by atoms with E-state index in [1.165, 1.54) is 12.3 Å². The predicted molar refractivity (Wildman–Crippen MR) is 34.5 cm³/mol. The molecule has 0 amide bonds. The Balaban J connectivity index is 3.14. The summed E-state index contributed by atoms with van der Waals surface area (Å²) in [5, 5.41) is 8.52. The second-order valence-corrected chi connectivity index (χ2v) is 1.83. The Hall–Kier alpha value is -1.16. The van der Waals surface area contributed by atoms with Crippen LogP contribution >= 0.6 is 0 Å². The molecule has 0 bridgehead atoms. The van der Waals surface area contributed by atoms with Crippen molar-refractivity contribution < 1.29 is 9.50 Å². The molecule has 0 atom stereocenters. The third-order valence-corrected chi connectivity index (χ3v) is 1.17. The molecule has 0 saturated heterocycles. The van der Waals surface area contributed by atoms with Gasteiger partial charge in [0.05, 0.1) is 6.61 Å². The van der Waals surface area contributed by atoms with Gasteiger partial charge in [-0.3, -0.25) is 0 Å². The van der Waals surface area contributed by atoms with Gasteiger partial charge in [-0.1, -0.05) is 0 Å². The van der Waals surface area contributed by atoms with E-state index in [9.17, 15) is 4.39 Å². The largest absolute Gasteiger partial charge is 0.392 e. The van der Waals surface area contributed by atoms with Crippen LogP contribution in [-0.4, -0.2) is 10.1 Å². The van der Waals surface area contributed by atoms with Crippen molar-refractivity contribution in [2.75, 3.05) is 5.73 Å². The fourth-order valence-corrected chi connectivity index (χ4v) is 0.624. The molecule has 0 fully saturated rings. The molecule has 0 aromatic carbocycles. The van der Waals surface area contributed by atoms with Gasteiger partial charge in [0.2, 0.25) is 0 Å². The molecule has 0 unspecified atom stereocenters. The number of rotatable bonds is 1. The van der Waals surface area contributed by atoms with Crippen LogP contribution in [0.3, 0.4) is 0 Å². The highest BCUT2D eigenvalue weighted by atomic mass is 19.1. The van der Waals surface area contributed by atoms with Gasteiger partial charge in [0.1, 0.15) is 0 Å². The molecule has 0 aliphatic carbocycles. The first-order valence-electron chi connectivity index (χ1n) is 2.75. The number of nitrogens with zero attached hydrogens (tertiary/aromatic N) is 1. The first-order valence-corrected chi connectivity index (χ1v) is 2.75. The number of aromatic nitrogens is 1. The van der Waals surface area contributed by atoms with Crippen molar-refractivity contribution in [3.05, 3.63) is 23.6 Å². The van der Waals surface area contributed by atoms with Gasteiger partial charge in [0.25, 0.3) is 0 Å². The molecule has 0 radical (unpaired) electrons. The van der Waals surface area contributed by atoms with Gasteiger partial charge in [-0.05, 0) is 6.07 Å². The normalized spacial score (nSPS) is 9.80. The minimum absolute atomic E-state index is 0.174. The molecule has 1 aromatic heterocycles. The van der Waals surface area contributed by atoms with E-state index in [-0.39, 0.29) is 18.0 Å². The molecule has 1 aromatic rings. The molecule has 0 spiro atoms. The van der Waals surface area contributed by atoms with E-state index >= 15 is 0 Å². The molecule has 1 heterocycles. The lowest BCUT2D eigenvalue weighted by molar-refractivity contribution is 0.275. The van der Waals surface area contributed by atoms with Gasteiger partial charge in [-0.15, -0.1) is 0 Å². The third kappa shape index (κ3) is 1.06. The summed E-state index contributed by atoms with van der Waals surface area (Å²) in [6, 6.07) is 1.38. The molecule has 10 heavy (non-hydrogen) atoms. The fraction of sp³-hybridized carbons (Fsp3) is 0.167. The van der Waals surface area contributed by atoms with E-state index in [2.05, 4.69) is 4.98 Å². The molecule has 0 aliphatic heterocycles. The van der Waals surface area contributed by atoms with Gasteiger partial charge in [0, 0.05) is 11.8 Å². The first kappa shape index (κ1) is 6.95. The number of halogens is 1. The zero-order valence-corrected chi connectivity index (χ0v) is 5.21. The van der Waals surface area contributed by atoms with E-state index in [0.717, 1.165) is 0 Å². The highest BCUT2D eigenvalue weighted by Crippen LogP contribution is 2.10. The highest BCUT2D eigenvalue weighted by Gasteiger charge is 2.03. The van der Waals surface area contributed by atoms with Gasteiger partial charge < -0.3 is 10.8 Å². The van der Waals surface area contributed by atoms with E-state index in [0.29, 0.717) is 0 Å². The van der Waals surface area contributed by atoms with Crippen molar-refractivity contribution in [3.63, 3.8) is 0 Å². The number of hydrogen-bond donors (Lipinski definition) is 2. The summed E-state index contributed by atoms with van der Waals surface area (Å²) in [4.78, 5) is 3.48. The van der Waals surface area contributed by atoms with Gasteiger partial charge >= 0.3 is 0 Å². The monoisotopic (exact) mass is 142 g/mol. The quantitative estimate of drug-likeness (QED) is 0.592. The number of aliphatic hydroxyl groups is 1. The summed E-state index contributed by atoms with van der Waals surface area (Å²) in [5.74, 6) is -0.809. The van der Waals surface area contributed by atoms with Crippen molar-refractivity contribution in [2.45, 2.75) is 6.61 Å². The van der Waals surface area contributed by atoms with Gasteiger partial charge in [0.15, 0.2) is 11.6 Å². The maximum absolute atomic E-state index is 12.7. The second-order valence-electron chi connectivity index (χ2n) is 1.83. The Bertz CT molecular complexity index is 239. The van der Waals surface area contributed by atoms with Crippen LogP contribution in [0.25, 0.3) is 0 Å². The van der Waals surface area contributed by atoms with Gasteiger partial charge in [-0.2, -0.15) is 0 Å². The molecule has 1 rings (SSSR count). The second kappa shape index (κ2) is 2.62. The molecular weight excluding hydrogens is 135 g/mol. The highest BCUT2D eigenvalue weighted by molar-refractivity contribution is 5.34. The predicted octanol–water partition coefficient (Wildman–Crippen LogP) is 0.295. The van der Waals surface area contributed by atoms with Crippen LogP contribution in [0.4, 0.5) is 10.2 Å². The standard InChI is InChI=1S/C6H7FN2O/c7-5-4(3-10)1-2-9-6(5)8/h1-2,10H,3H2,(H2,8,9). The van der Waals surface area contributed by atoms with Crippen molar-refractivity contribution in [3.8, 4) is 0 Å². The molecule has 0 aliphatic rings. The molecule has 3 nitrogen and oxygen atoms in total. The number of aliphatic hydroxyl groups excluding tert-OH is 1. The van der Waals surface area contributed by atoms with Crippen LogP contribution in [0, 0.1) is 5.82 Å². The minimum Gasteiger partial charge on any atom is -0.392 e. The average Bonchev–Trinajstić information content (AvgIpc) is 1.95. The molecule has 0 saturated carbocycles. The summed E-state index contributed by atoms with van der Waals surface area (Å²) in [6.45, 7) is -0.349. The van der Waals surface area contributed by atoms with Gasteiger partial charge in [-0.25, -0.2) is 9.37 Å². The van der Waals surface area contributed by atoms with E-state index in [1.54, 1.807) is 0 Å². The Morgan fingerprint density at radius 3 is 2.90 bits per heavy atom. The van der Waals surface area contributed by atoms with Crippen molar-refractivity contribution in [2.24, 2.45) is 0 Å². The maximum Gasteiger partial charge on any atom is 0.170 e. The third-order valence-electron chi connectivity index (χ3n) is 1.17. The van der Waals surface area contributed by atoms with Crippen molar-refractivity contribution in [1.82, 2.24) is 4.98 Å². The Labute approximate surface area is 57.3 Å². The molecule has 3 N–H and O–H groups in total. The lowest BCUT2D eigenvalue weighted by Gasteiger charge is -1.98. The molecule has 4 heteroatoms. The average molecular weight is 142 g/mol. The first-order chi connectivity index (χ1) is 4.75. The summed E-state index contributed by atoms with van der Waals surface area (Å²) in [7, 11) is 0. The van der Waals surface area contributed by atoms with Crippen LogP contribution in [-0.2, 0) is 6.61 Å². The summed E-state index contributed by atoms with van der Waals surface area (Å²) < 4.78 is 12.7. The zero-order chi connectivity index (χ0) is 7.56. The minimum atomic E-state index is -0.634. The van der Waals surface area contributed by atoms with E-state index in [1.807, 2.05) is 0 Å². The number of nitrogens with two attached hydrogens (primary N) is 1. The summed E-state index contributed by atoms with van der Waals surface area (Å²) >= 11 is 0. The number of anilines is 1. The Morgan fingerprint density at radius 2 is 2.40 bits per heavy atom. The van der Waals surface area contributed by atoms with E-state index < -0.39 is 5.82 Å². The topological polar surface area (TPSA) is 59.1 Å². The lowest BCUT2D eigenvalue weighted by Crippen LogP contribution is -1.98. The Morgan fingerprint density at radius 1 is 1.70 bits per heavy atom. The number of nitrogen functional groups attached to an aromatic ring is 1. The molecular formula is C6H7FN2O. The lowest BCUT2D eigenvalue weighted by atomic mass is 10.2. The Kier molecular flexibility index (Phi) is 1.82. The number of hydrogen-bond acceptors (Lipinski definition) is 3. The fourth-order valence-electron chi connectivity index (χ4n) is 0.624. The number of pyridine rings is 1. The summed E-state index contributed by atoms with van der Waals surface area (Å²) in [6.07, 6.45) is 1.35. The van der Waals surface area contributed by atoms with Crippen LogP contribution in [0.1, 0.15) is 5.56 Å².